The van der Waals surface area contributed by atoms with Crippen LogP contribution in [0.5, 0.6) is 0 Å². The van der Waals surface area contributed by atoms with Crippen LogP contribution in [0, 0.1) is 0 Å². The molecule has 0 saturated carbocycles. The molecule has 3 heterocycles. The Hall–Kier alpha value is -4.48. The van der Waals surface area contributed by atoms with E-state index < -0.39 is 0 Å². The Kier molecular flexibility index (Phi) is 4.60. The fourth-order valence-corrected chi connectivity index (χ4v) is 5.41. The van der Waals surface area contributed by atoms with Gasteiger partial charge in [-0.3, -0.25) is 4.98 Å². The third kappa shape index (κ3) is 3.45. The van der Waals surface area contributed by atoms with Crippen molar-refractivity contribution in [2.45, 2.75) is 0 Å². The van der Waals surface area contributed by atoms with Gasteiger partial charge in [-0.15, -0.1) is 11.3 Å². The summed E-state index contributed by atoms with van der Waals surface area (Å²) in [6.07, 6.45) is 1.85. The Morgan fingerprint density at radius 3 is 2.26 bits per heavy atom. The summed E-state index contributed by atoms with van der Waals surface area (Å²) in [5, 5.41) is 4.31. The highest BCUT2D eigenvalue weighted by atomic mass is 32.1. The maximum Gasteiger partial charge on any atom is 0.161 e. The highest BCUT2D eigenvalue weighted by Gasteiger charge is 2.15. The molecule has 164 valence electrons. The van der Waals surface area contributed by atoms with Crippen LogP contribution in [0.25, 0.3) is 65.2 Å². The van der Waals surface area contributed by atoms with Crippen LogP contribution in [0.2, 0.25) is 0 Å². The Labute approximate surface area is 205 Å². The molecule has 0 N–H and O–H groups in total. The summed E-state index contributed by atoms with van der Waals surface area (Å²) < 4.78 is 1.16. The average molecular weight is 467 g/mol. The molecule has 0 aliphatic heterocycles. The van der Waals surface area contributed by atoms with Gasteiger partial charge in [0.1, 0.15) is 5.01 Å². The molecule has 4 aromatic carbocycles. The molecule has 7 rings (SSSR count). The maximum absolute atomic E-state index is 5.06. The molecule has 3 aromatic heterocycles. The molecule has 0 saturated heterocycles. The summed E-state index contributed by atoms with van der Waals surface area (Å²) in [5.74, 6) is 0.662. The molecule has 0 radical (unpaired) electrons. The van der Waals surface area contributed by atoms with Crippen molar-refractivity contribution in [1.29, 1.82) is 0 Å². The van der Waals surface area contributed by atoms with Gasteiger partial charge in [0.25, 0.3) is 0 Å². The number of hydrogen-bond donors (Lipinski definition) is 0. The molecule has 0 spiro atoms. The summed E-state index contributed by atoms with van der Waals surface area (Å²) in [4.78, 5) is 19.5. The summed E-state index contributed by atoms with van der Waals surface area (Å²) >= 11 is 1.65. The monoisotopic (exact) mass is 466 g/mol. The van der Waals surface area contributed by atoms with Crippen LogP contribution >= 0.6 is 11.3 Å². The molecule has 7 aromatic rings. The van der Waals surface area contributed by atoms with E-state index >= 15 is 0 Å². The summed E-state index contributed by atoms with van der Waals surface area (Å²) in [7, 11) is 0. The van der Waals surface area contributed by atoms with Gasteiger partial charge < -0.3 is 0 Å². The lowest BCUT2D eigenvalue weighted by Gasteiger charge is -2.12. The Bertz CT molecular complexity index is 1810. The average Bonchev–Trinajstić information content (AvgIpc) is 3.37. The molecule has 0 amide bonds. The molecule has 0 bridgehead atoms. The fourth-order valence-electron chi connectivity index (χ4n) is 4.47. The van der Waals surface area contributed by atoms with Gasteiger partial charge in [-0.05, 0) is 41.1 Å². The third-order valence-corrected chi connectivity index (χ3v) is 7.23. The van der Waals surface area contributed by atoms with E-state index in [1.54, 1.807) is 11.3 Å². The normalized spacial score (nSPS) is 11.4. The second-order valence-corrected chi connectivity index (χ2v) is 9.39. The second kappa shape index (κ2) is 8.08. The van der Waals surface area contributed by atoms with Crippen molar-refractivity contribution < 1.29 is 0 Å². The quantitative estimate of drug-likeness (QED) is 0.249. The van der Waals surface area contributed by atoms with E-state index in [0.29, 0.717) is 5.82 Å². The minimum Gasteiger partial charge on any atom is -0.253 e. The minimum absolute atomic E-state index is 0.662. The first kappa shape index (κ1) is 19.9. The van der Waals surface area contributed by atoms with Crippen molar-refractivity contribution in [2.75, 3.05) is 0 Å². The highest BCUT2D eigenvalue weighted by molar-refractivity contribution is 7.21. The van der Waals surface area contributed by atoms with E-state index in [2.05, 4.69) is 54.6 Å². The SMILES string of the molecule is c1ccc(-c2nc(-c3ccc(-c4nc5ccccc5s4)nc3)nc3ccc4ccccc4c23)cc1. The number of para-hydroxylation sites is 1. The van der Waals surface area contributed by atoms with Gasteiger partial charge in [0, 0.05) is 22.7 Å². The number of rotatable bonds is 3. The fraction of sp³-hybridized carbons (Fsp3) is 0. The Morgan fingerprint density at radius 2 is 1.40 bits per heavy atom. The van der Waals surface area contributed by atoms with E-state index in [4.69, 9.17) is 19.9 Å². The first-order chi connectivity index (χ1) is 17.3. The van der Waals surface area contributed by atoms with Gasteiger partial charge in [-0.2, -0.15) is 0 Å². The molecule has 4 nitrogen and oxygen atoms in total. The number of fused-ring (bicyclic) bond motifs is 4. The summed E-state index contributed by atoms with van der Waals surface area (Å²) in [6, 6.07) is 35.1. The first-order valence-electron chi connectivity index (χ1n) is 11.4. The van der Waals surface area contributed by atoms with E-state index in [9.17, 15) is 0 Å². The predicted octanol–water partition coefficient (Wildman–Crippen LogP) is 7.79. The number of nitrogens with zero attached hydrogens (tertiary/aromatic N) is 4. The van der Waals surface area contributed by atoms with Gasteiger partial charge in [0.05, 0.1) is 27.1 Å². The zero-order valence-corrected chi connectivity index (χ0v) is 19.4. The largest absolute Gasteiger partial charge is 0.253 e. The standard InChI is InChI=1S/C30H18N4S/c1-2-9-20(10-3-1)28-27-22-11-5-4-8-19(22)14-16-24(27)32-29(34-28)21-15-17-25(31-18-21)30-33-23-12-6-7-13-26(23)35-30/h1-18H. The van der Waals surface area contributed by atoms with Crippen LogP contribution in [0.1, 0.15) is 0 Å². The number of pyridine rings is 1. The van der Waals surface area contributed by atoms with Crippen molar-refractivity contribution in [3.05, 3.63) is 109 Å². The minimum atomic E-state index is 0.662. The third-order valence-electron chi connectivity index (χ3n) is 6.17. The molecule has 0 unspecified atom stereocenters. The van der Waals surface area contributed by atoms with Crippen LogP contribution in [0.15, 0.2) is 109 Å². The summed E-state index contributed by atoms with van der Waals surface area (Å²) in [5.41, 5.74) is 5.64. The van der Waals surface area contributed by atoms with Gasteiger partial charge in [-0.1, -0.05) is 72.8 Å². The molecule has 35 heavy (non-hydrogen) atoms. The van der Waals surface area contributed by atoms with E-state index in [0.717, 1.165) is 54.0 Å². The second-order valence-electron chi connectivity index (χ2n) is 8.36. The van der Waals surface area contributed by atoms with E-state index in [-0.39, 0.29) is 0 Å². The maximum atomic E-state index is 5.06. The molecule has 5 heteroatoms. The number of thiazole rings is 1. The van der Waals surface area contributed by atoms with Crippen molar-refractivity contribution in [3.8, 4) is 33.3 Å². The van der Waals surface area contributed by atoms with Crippen LogP contribution in [0.3, 0.4) is 0 Å². The van der Waals surface area contributed by atoms with E-state index in [1.165, 1.54) is 5.39 Å². The van der Waals surface area contributed by atoms with Crippen LogP contribution in [-0.2, 0) is 0 Å². The zero-order chi connectivity index (χ0) is 23.2. The topological polar surface area (TPSA) is 51.6 Å². The molecular formula is C30H18N4S. The molecule has 0 aliphatic rings. The van der Waals surface area contributed by atoms with Crippen LogP contribution in [-0.4, -0.2) is 19.9 Å². The predicted molar refractivity (Wildman–Crippen MR) is 144 cm³/mol. The molecular weight excluding hydrogens is 448 g/mol. The Balaban J connectivity index is 1.39. The van der Waals surface area contributed by atoms with Crippen molar-refractivity contribution in [1.82, 2.24) is 19.9 Å². The van der Waals surface area contributed by atoms with Crippen LogP contribution in [0.4, 0.5) is 0 Å². The smallest absolute Gasteiger partial charge is 0.161 e. The van der Waals surface area contributed by atoms with Crippen molar-refractivity contribution in [3.63, 3.8) is 0 Å². The highest BCUT2D eigenvalue weighted by Crippen LogP contribution is 2.35. The first-order valence-corrected chi connectivity index (χ1v) is 12.2. The van der Waals surface area contributed by atoms with Crippen molar-refractivity contribution >= 4 is 43.2 Å². The van der Waals surface area contributed by atoms with Gasteiger partial charge >= 0.3 is 0 Å². The van der Waals surface area contributed by atoms with Crippen molar-refractivity contribution in [2.24, 2.45) is 0 Å². The van der Waals surface area contributed by atoms with Gasteiger partial charge in [0.15, 0.2) is 5.82 Å². The zero-order valence-electron chi connectivity index (χ0n) is 18.6. The lowest BCUT2D eigenvalue weighted by molar-refractivity contribution is 1.21. The molecule has 0 atom stereocenters. The lowest BCUT2D eigenvalue weighted by Crippen LogP contribution is -1.96. The van der Waals surface area contributed by atoms with E-state index in [1.807, 2.05) is 54.7 Å². The number of hydrogen-bond acceptors (Lipinski definition) is 5. The Morgan fingerprint density at radius 1 is 0.571 bits per heavy atom. The molecule has 0 fully saturated rings. The van der Waals surface area contributed by atoms with Crippen LogP contribution < -0.4 is 0 Å². The van der Waals surface area contributed by atoms with Gasteiger partial charge in [-0.25, -0.2) is 15.0 Å². The van der Waals surface area contributed by atoms with Gasteiger partial charge in [0.2, 0.25) is 0 Å². The summed E-state index contributed by atoms with van der Waals surface area (Å²) in [6.45, 7) is 0. The lowest BCUT2D eigenvalue weighted by atomic mass is 10.00. The number of benzene rings is 4. The molecule has 0 aliphatic carbocycles. The number of aromatic nitrogens is 4.